The van der Waals surface area contributed by atoms with E-state index in [9.17, 15) is 12.8 Å². The largest absolute Gasteiger partial charge is 0.494 e. The van der Waals surface area contributed by atoms with Crippen LogP contribution in [0.2, 0.25) is 0 Å². The van der Waals surface area contributed by atoms with Gasteiger partial charge in [-0.3, -0.25) is 0 Å². The third-order valence-corrected chi connectivity index (χ3v) is 5.77. The van der Waals surface area contributed by atoms with E-state index in [4.69, 9.17) is 9.47 Å². The molecule has 3 rings (SSSR count). The molecule has 11 heteroatoms. The van der Waals surface area contributed by atoms with Crippen LogP contribution >= 0.6 is 0 Å². The number of nitrogens with zero attached hydrogens (tertiary/aromatic N) is 3. The van der Waals surface area contributed by atoms with Crippen LogP contribution in [0.1, 0.15) is 5.82 Å². The van der Waals surface area contributed by atoms with Gasteiger partial charge in [-0.15, -0.1) is 0 Å². The Bertz CT molecular complexity index is 951. The molecule has 2 heterocycles. The van der Waals surface area contributed by atoms with Gasteiger partial charge in [-0.2, -0.15) is 0 Å². The number of aromatic nitrogens is 2. The average Bonchev–Trinajstić information content (AvgIpc) is 2.71. The number of morpholine rings is 1. The lowest BCUT2D eigenvalue weighted by atomic mass is 10.3. The second kappa shape index (κ2) is 9.33. The van der Waals surface area contributed by atoms with Crippen LogP contribution in [0.25, 0.3) is 0 Å². The summed E-state index contributed by atoms with van der Waals surface area (Å²) >= 11 is 0. The summed E-state index contributed by atoms with van der Waals surface area (Å²) in [5.41, 5.74) is 0. The van der Waals surface area contributed by atoms with Crippen LogP contribution in [0.15, 0.2) is 29.2 Å². The third kappa shape index (κ3) is 5.52. The average molecular weight is 425 g/mol. The molecule has 0 unspecified atom stereocenters. The Labute approximate surface area is 169 Å². The lowest BCUT2D eigenvalue weighted by Crippen LogP contribution is -2.37. The zero-order valence-corrected chi connectivity index (χ0v) is 17.1. The van der Waals surface area contributed by atoms with E-state index in [1.54, 1.807) is 6.92 Å². The predicted molar refractivity (Wildman–Crippen MR) is 106 cm³/mol. The van der Waals surface area contributed by atoms with Gasteiger partial charge in [0.1, 0.15) is 17.5 Å². The normalized spacial score (nSPS) is 14.7. The van der Waals surface area contributed by atoms with Crippen LogP contribution in [0.5, 0.6) is 5.75 Å². The number of nitrogens with one attached hydrogen (secondary N) is 2. The summed E-state index contributed by atoms with van der Waals surface area (Å²) < 4.78 is 51.0. The Kier molecular flexibility index (Phi) is 6.83. The van der Waals surface area contributed by atoms with Crippen molar-refractivity contribution in [1.82, 2.24) is 14.7 Å². The summed E-state index contributed by atoms with van der Waals surface area (Å²) in [7, 11) is -2.52. The van der Waals surface area contributed by atoms with E-state index >= 15 is 0 Å². The first-order chi connectivity index (χ1) is 13.9. The first-order valence-corrected chi connectivity index (χ1v) is 10.6. The van der Waals surface area contributed by atoms with Crippen LogP contribution < -0.4 is 19.7 Å². The summed E-state index contributed by atoms with van der Waals surface area (Å²) in [6.45, 7) is 5.03. The number of halogens is 1. The van der Waals surface area contributed by atoms with Crippen molar-refractivity contribution in [3.8, 4) is 5.75 Å². The molecule has 29 heavy (non-hydrogen) atoms. The molecular weight excluding hydrogens is 401 g/mol. The molecule has 2 N–H and O–H groups in total. The second-order valence-corrected chi connectivity index (χ2v) is 8.15. The zero-order valence-electron chi connectivity index (χ0n) is 16.3. The number of aryl methyl sites for hydroxylation is 1. The van der Waals surface area contributed by atoms with E-state index < -0.39 is 15.8 Å². The summed E-state index contributed by atoms with van der Waals surface area (Å²) in [6.07, 6.45) is 0. The molecule has 0 atom stereocenters. The molecule has 1 aromatic carbocycles. The summed E-state index contributed by atoms with van der Waals surface area (Å²) in [5.74, 6) is 1.28. The van der Waals surface area contributed by atoms with Gasteiger partial charge in [0.2, 0.25) is 10.0 Å². The van der Waals surface area contributed by atoms with Crippen LogP contribution in [0, 0.1) is 12.7 Å². The van der Waals surface area contributed by atoms with E-state index in [-0.39, 0.29) is 17.2 Å². The van der Waals surface area contributed by atoms with E-state index in [1.807, 2.05) is 6.07 Å². The maximum absolute atomic E-state index is 13.8. The Balaban J connectivity index is 1.57. The molecule has 1 aromatic heterocycles. The number of methoxy groups -OCH3 is 1. The number of hydrogen-bond acceptors (Lipinski definition) is 8. The highest BCUT2D eigenvalue weighted by Gasteiger charge is 2.17. The highest BCUT2D eigenvalue weighted by molar-refractivity contribution is 7.89. The smallest absolute Gasteiger partial charge is 0.240 e. The number of sulfonamides is 1. The Hall–Kier alpha value is -2.50. The number of anilines is 2. The minimum absolute atomic E-state index is 0.0131. The van der Waals surface area contributed by atoms with Gasteiger partial charge in [0.15, 0.2) is 11.6 Å². The number of hydrogen-bond donors (Lipinski definition) is 2. The van der Waals surface area contributed by atoms with Crippen molar-refractivity contribution in [3.63, 3.8) is 0 Å². The van der Waals surface area contributed by atoms with Crippen molar-refractivity contribution < 1.29 is 22.3 Å². The van der Waals surface area contributed by atoms with Gasteiger partial charge in [0.05, 0.1) is 25.2 Å². The van der Waals surface area contributed by atoms with Crippen molar-refractivity contribution >= 4 is 21.7 Å². The fourth-order valence-electron chi connectivity index (χ4n) is 2.87. The molecular formula is C18H24FN5O4S. The lowest BCUT2D eigenvalue weighted by molar-refractivity contribution is 0.122. The van der Waals surface area contributed by atoms with Crippen molar-refractivity contribution in [3.05, 3.63) is 35.9 Å². The van der Waals surface area contributed by atoms with E-state index in [2.05, 4.69) is 24.9 Å². The summed E-state index contributed by atoms with van der Waals surface area (Å²) in [6, 6.07) is 5.32. The van der Waals surface area contributed by atoms with Crippen LogP contribution in [-0.4, -0.2) is 64.9 Å². The SMILES string of the molecule is COc1ccc(S(=O)(=O)NCCNc2cc(N3CCOCC3)nc(C)n2)cc1F. The molecule has 9 nitrogen and oxygen atoms in total. The highest BCUT2D eigenvalue weighted by atomic mass is 32.2. The molecule has 0 saturated carbocycles. The van der Waals surface area contributed by atoms with E-state index in [0.29, 0.717) is 31.4 Å². The first-order valence-electron chi connectivity index (χ1n) is 9.14. The molecule has 0 amide bonds. The Morgan fingerprint density at radius 2 is 1.97 bits per heavy atom. The molecule has 1 aliphatic rings. The molecule has 1 aliphatic heterocycles. The molecule has 0 bridgehead atoms. The maximum atomic E-state index is 13.8. The molecule has 158 valence electrons. The molecule has 0 aliphatic carbocycles. The van der Waals surface area contributed by atoms with Crippen LogP contribution in [-0.2, 0) is 14.8 Å². The van der Waals surface area contributed by atoms with Crippen molar-refractivity contribution in [2.45, 2.75) is 11.8 Å². The van der Waals surface area contributed by atoms with Crippen LogP contribution in [0.4, 0.5) is 16.0 Å². The Morgan fingerprint density at radius 3 is 2.66 bits per heavy atom. The minimum atomic E-state index is -3.84. The maximum Gasteiger partial charge on any atom is 0.240 e. The standard InChI is InChI=1S/C18H24FN5O4S/c1-13-22-17(12-18(23-13)24-7-9-28-10-8-24)20-5-6-21-29(25,26)14-3-4-16(27-2)15(19)11-14/h3-4,11-12,21H,5-10H2,1-2H3,(H,20,22,23). The van der Waals surface area contributed by atoms with E-state index in [1.165, 1.54) is 19.2 Å². The van der Waals surface area contributed by atoms with Gasteiger partial charge in [-0.25, -0.2) is 27.5 Å². The van der Waals surface area contributed by atoms with Gasteiger partial charge in [0.25, 0.3) is 0 Å². The van der Waals surface area contributed by atoms with Gasteiger partial charge >= 0.3 is 0 Å². The van der Waals surface area contributed by atoms with Gasteiger partial charge in [-0.1, -0.05) is 0 Å². The zero-order chi connectivity index (χ0) is 20.9. The fraction of sp³-hybridized carbons (Fsp3) is 0.444. The van der Waals surface area contributed by atoms with Gasteiger partial charge < -0.3 is 19.7 Å². The monoisotopic (exact) mass is 425 g/mol. The molecule has 1 fully saturated rings. The predicted octanol–water partition coefficient (Wildman–Crippen LogP) is 1.16. The highest BCUT2D eigenvalue weighted by Crippen LogP contribution is 2.20. The van der Waals surface area contributed by atoms with Gasteiger partial charge in [-0.05, 0) is 25.1 Å². The second-order valence-electron chi connectivity index (χ2n) is 6.38. The van der Waals surface area contributed by atoms with E-state index in [0.717, 1.165) is 25.0 Å². The quantitative estimate of drug-likeness (QED) is 0.607. The van der Waals surface area contributed by atoms with Crippen LogP contribution in [0.3, 0.4) is 0 Å². The lowest BCUT2D eigenvalue weighted by Gasteiger charge is -2.28. The third-order valence-electron chi connectivity index (χ3n) is 4.32. The summed E-state index contributed by atoms with van der Waals surface area (Å²) in [4.78, 5) is 10.7. The molecule has 1 saturated heterocycles. The summed E-state index contributed by atoms with van der Waals surface area (Å²) in [5, 5.41) is 3.09. The van der Waals surface area contributed by atoms with Crippen molar-refractivity contribution in [1.29, 1.82) is 0 Å². The molecule has 2 aromatic rings. The molecule has 0 spiro atoms. The Morgan fingerprint density at radius 1 is 1.21 bits per heavy atom. The number of benzene rings is 1. The minimum Gasteiger partial charge on any atom is -0.494 e. The topological polar surface area (TPSA) is 106 Å². The number of ether oxygens (including phenoxy) is 2. The fourth-order valence-corrected chi connectivity index (χ4v) is 3.91. The first kappa shape index (κ1) is 21.2. The van der Waals surface area contributed by atoms with Crippen molar-refractivity contribution in [2.75, 3.05) is 56.7 Å². The molecule has 0 radical (unpaired) electrons. The number of rotatable bonds is 8. The van der Waals surface area contributed by atoms with Gasteiger partial charge in [0, 0.05) is 32.2 Å². The van der Waals surface area contributed by atoms with Crippen molar-refractivity contribution in [2.24, 2.45) is 0 Å².